The van der Waals surface area contributed by atoms with Crippen LogP contribution in [0.15, 0.2) is 109 Å². The van der Waals surface area contributed by atoms with Gasteiger partial charge in [0.1, 0.15) is 0 Å². The molecule has 4 rings (SSSR count). The zero-order chi connectivity index (χ0) is 21.0. The van der Waals surface area contributed by atoms with Crippen molar-refractivity contribution in [3.05, 3.63) is 126 Å². The molecule has 0 heterocycles. The van der Waals surface area contributed by atoms with Gasteiger partial charge in [-0.05, 0) is 46.8 Å². The average molecular weight is 416 g/mol. The summed E-state index contributed by atoms with van der Waals surface area (Å²) in [6.45, 7) is -2.49. The summed E-state index contributed by atoms with van der Waals surface area (Å²) in [4.78, 5) is 13.3. The number of hydrogen-bond acceptors (Lipinski definition) is 1. The first-order valence-corrected chi connectivity index (χ1v) is 11.4. The Morgan fingerprint density at radius 2 is 1.03 bits per heavy atom. The maximum absolute atomic E-state index is 13.8. The summed E-state index contributed by atoms with van der Waals surface area (Å²) in [5.41, 5.74) is 0.126. The predicted octanol–water partition coefficient (Wildman–Crippen LogP) is 4.94. The predicted molar refractivity (Wildman–Crippen MR) is 122 cm³/mol. The van der Waals surface area contributed by atoms with Gasteiger partial charge in [0, 0.05) is 5.56 Å². The molecule has 0 fully saturated rings. The summed E-state index contributed by atoms with van der Waals surface area (Å²) in [7, 11) is 0. The van der Waals surface area contributed by atoms with Crippen LogP contribution in [0, 0.1) is 11.6 Å². The molecule has 0 spiro atoms. The molecule has 4 aromatic rings. The zero-order valence-electron chi connectivity index (χ0n) is 16.1. The molecule has 0 saturated heterocycles. The molecule has 0 aromatic heterocycles. The summed E-state index contributed by atoms with van der Waals surface area (Å²) in [6, 6.07) is 32.9. The van der Waals surface area contributed by atoms with Gasteiger partial charge in [-0.1, -0.05) is 91.0 Å². The summed E-state index contributed by atoms with van der Waals surface area (Å²) in [5.74, 6) is -0.627. The fourth-order valence-corrected chi connectivity index (χ4v) is 7.33. The lowest BCUT2D eigenvalue weighted by molar-refractivity contribution is 0.107. The minimum absolute atomic E-state index is 0.126. The minimum atomic E-state index is -2.49. The van der Waals surface area contributed by atoms with E-state index in [2.05, 4.69) is 0 Å². The molecule has 0 aliphatic rings. The van der Waals surface area contributed by atoms with Gasteiger partial charge in [0.15, 0.2) is 17.4 Å². The van der Waals surface area contributed by atoms with Crippen LogP contribution in [0.2, 0.25) is 0 Å². The highest BCUT2D eigenvalue weighted by atomic mass is 31.2. The molecule has 30 heavy (non-hydrogen) atoms. The number of carbonyl (C=O) groups is 1. The molecule has 0 unspecified atom stereocenters. The van der Waals surface area contributed by atoms with E-state index >= 15 is 0 Å². The Morgan fingerprint density at radius 3 is 1.43 bits per heavy atom. The van der Waals surface area contributed by atoms with Crippen LogP contribution in [0.1, 0.15) is 10.4 Å². The third-order valence-corrected chi connectivity index (χ3v) is 8.97. The number of rotatable bonds is 5. The zero-order valence-corrected chi connectivity index (χ0v) is 17.0. The van der Waals surface area contributed by atoms with Crippen LogP contribution in [0.25, 0.3) is 0 Å². The van der Waals surface area contributed by atoms with Crippen LogP contribution < -0.4 is 15.9 Å². The van der Waals surface area contributed by atoms with Gasteiger partial charge in [-0.3, -0.25) is 4.79 Å². The quantitative estimate of drug-likeness (QED) is 0.333. The smallest absolute Gasteiger partial charge is 0.187 e. The Kier molecular flexibility index (Phi) is 5.74. The minimum Gasteiger partial charge on any atom is -0.289 e. The molecule has 0 amide bonds. The largest absolute Gasteiger partial charge is 0.289 e. The fourth-order valence-electron chi connectivity index (χ4n) is 3.56. The highest BCUT2D eigenvalue weighted by molar-refractivity contribution is 7.95. The van der Waals surface area contributed by atoms with E-state index in [1.54, 1.807) is 5.80 Å². The van der Waals surface area contributed by atoms with Gasteiger partial charge in [0.05, 0.1) is 0 Å². The molecular formula is C26H19F2OP. The average Bonchev–Trinajstić information content (AvgIpc) is 2.81. The Labute approximate surface area is 174 Å². The van der Waals surface area contributed by atoms with E-state index in [0.29, 0.717) is 0 Å². The Balaban J connectivity index is 2.05. The molecule has 0 radical (unpaired) electrons. The van der Waals surface area contributed by atoms with Crippen molar-refractivity contribution in [1.29, 1.82) is 0 Å². The summed E-state index contributed by atoms with van der Waals surface area (Å²) < 4.78 is 27.2. The van der Waals surface area contributed by atoms with Crippen LogP contribution in [0.4, 0.5) is 8.78 Å². The van der Waals surface area contributed by atoms with Crippen LogP contribution >= 0.6 is 6.89 Å². The molecule has 148 valence electrons. The molecule has 0 N–H and O–H groups in total. The topological polar surface area (TPSA) is 17.1 Å². The second-order valence-electron chi connectivity index (χ2n) is 6.85. The highest BCUT2D eigenvalue weighted by Crippen LogP contribution is 2.43. The Bertz CT molecular complexity index is 1120. The lowest BCUT2D eigenvalue weighted by Crippen LogP contribution is -2.28. The summed E-state index contributed by atoms with van der Waals surface area (Å²) in [5, 5.41) is 3.04. The normalized spacial score (nSPS) is 11.1. The van der Waals surface area contributed by atoms with Gasteiger partial charge in [-0.25, -0.2) is 8.78 Å². The lowest BCUT2D eigenvalue weighted by Gasteiger charge is -2.28. The van der Waals surface area contributed by atoms with Crippen molar-refractivity contribution < 1.29 is 13.6 Å². The lowest BCUT2D eigenvalue weighted by atomic mass is 10.1. The van der Waals surface area contributed by atoms with Crippen molar-refractivity contribution in [2.24, 2.45) is 0 Å². The van der Waals surface area contributed by atoms with E-state index in [0.717, 1.165) is 28.0 Å². The first-order chi connectivity index (χ1) is 14.6. The van der Waals surface area contributed by atoms with Crippen molar-refractivity contribution in [1.82, 2.24) is 0 Å². The van der Waals surface area contributed by atoms with Crippen molar-refractivity contribution in [3.8, 4) is 0 Å². The molecule has 0 bridgehead atoms. The van der Waals surface area contributed by atoms with Crippen LogP contribution in [-0.2, 0) is 0 Å². The fraction of sp³-hybridized carbons (Fsp3) is 0. The molecule has 1 nitrogen and oxygen atoms in total. The van der Waals surface area contributed by atoms with Crippen molar-refractivity contribution in [2.45, 2.75) is 0 Å². The SMILES string of the molecule is O=C(C=P(c1ccccc1)(c1ccccc1)c1ccccc1)c1ccc(F)c(F)c1. The Hall–Kier alpha value is -3.29. The molecule has 0 saturated carbocycles. The molecule has 4 aromatic carbocycles. The van der Waals surface area contributed by atoms with Crippen LogP contribution in [0.3, 0.4) is 0 Å². The van der Waals surface area contributed by atoms with Gasteiger partial charge >= 0.3 is 0 Å². The molecular weight excluding hydrogens is 397 g/mol. The maximum Gasteiger partial charge on any atom is 0.187 e. The number of hydrogen-bond donors (Lipinski definition) is 0. The number of carbonyl (C=O) groups excluding carboxylic acids is 1. The van der Waals surface area contributed by atoms with Gasteiger partial charge in [0.2, 0.25) is 0 Å². The highest BCUT2D eigenvalue weighted by Gasteiger charge is 2.26. The second-order valence-corrected chi connectivity index (χ2v) is 10.1. The van der Waals surface area contributed by atoms with Gasteiger partial charge < -0.3 is 0 Å². The van der Waals surface area contributed by atoms with Crippen molar-refractivity contribution in [3.63, 3.8) is 0 Å². The Morgan fingerprint density at radius 1 is 0.600 bits per heavy atom. The molecule has 0 atom stereocenters. The van der Waals surface area contributed by atoms with E-state index in [1.807, 2.05) is 91.0 Å². The third-order valence-electron chi connectivity index (χ3n) is 5.01. The van der Waals surface area contributed by atoms with Crippen LogP contribution in [-0.4, -0.2) is 11.6 Å². The van der Waals surface area contributed by atoms with Crippen molar-refractivity contribution in [2.75, 3.05) is 0 Å². The van der Waals surface area contributed by atoms with Crippen LogP contribution in [0.5, 0.6) is 0 Å². The number of ketones is 1. The maximum atomic E-state index is 13.8. The molecule has 0 aliphatic carbocycles. The van der Waals surface area contributed by atoms with Crippen molar-refractivity contribution >= 4 is 34.4 Å². The molecule has 0 aliphatic heterocycles. The first-order valence-electron chi connectivity index (χ1n) is 9.52. The second kappa shape index (κ2) is 8.61. The molecule has 4 heteroatoms. The van der Waals surface area contributed by atoms with E-state index < -0.39 is 18.5 Å². The summed E-state index contributed by atoms with van der Waals surface area (Å²) in [6.07, 6.45) is 0. The number of benzene rings is 4. The summed E-state index contributed by atoms with van der Waals surface area (Å²) >= 11 is 0. The van der Waals surface area contributed by atoms with E-state index in [9.17, 15) is 13.6 Å². The van der Waals surface area contributed by atoms with Gasteiger partial charge in [-0.15, -0.1) is 0 Å². The first kappa shape index (κ1) is 20.0. The third kappa shape index (κ3) is 3.77. The van der Waals surface area contributed by atoms with E-state index in [4.69, 9.17) is 0 Å². The number of halogens is 2. The number of Topliss-reactive ketones (excluding diaryl/α,β-unsaturated/α-hetero) is 1. The van der Waals surface area contributed by atoms with Gasteiger partial charge in [0.25, 0.3) is 0 Å². The standard InChI is InChI=1S/C26H19F2OP/c27-24-17-16-20(18-25(24)28)26(29)19-30(21-10-4-1-5-11-21,22-12-6-2-7-13-22)23-14-8-3-9-15-23/h1-19H. The van der Waals surface area contributed by atoms with E-state index in [-0.39, 0.29) is 11.3 Å². The van der Waals surface area contributed by atoms with E-state index in [1.165, 1.54) is 6.07 Å². The monoisotopic (exact) mass is 416 g/mol. The van der Waals surface area contributed by atoms with Gasteiger partial charge in [-0.2, -0.15) is 0 Å².